The van der Waals surface area contributed by atoms with Crippen LogP contribution in [0.4, 0.5) is 5.69 Å². The fourth-order valence-electron chi connectivity index (χ4n) is 2.39. The van der Waals surface area contributed by atoms with Gasteiger partial charge in [0.1, 0.15) is 0 Å². The Bertz CT molecular complexity index is 642. The van der Waals surface area contributed by atoms with Crippen molar-refractivity contribution < 1.29 is 18.3 Å². The summed E-state index contributed by atoms with van der Waals surface area (Å²) in [7, 11) is -2.03. The molecule has 7 heteroatoms. The third-order valence-electron chi connectivity index (χ3n) is 3.68. The molecule has 6 nitrogen and oxygen atoms in total. The Hall–Kier alpha value is -1.60. The van der Waals surface area contributed by atoms with E-state index in [-0.39, 0.29) is 5.56 Å². The molecule has 2 rings (SSSR count). The molecule has 0 aromatic heterocycles. The Morgan fingerprint density at radius 2 is 2.14 bits per heavy atom. The van der Waals surface area contributed by atoms with Crippen LogP contribution in [0.3, 0.4) is 0 Å². The van der Waals surface area contributed by atoms with Gasteiger partial charge >= 0.3 is 16.2 Å². The van der Waals surface area contributed by atoms with Crippen molar-refractivity contribution in [3.63, 3.8) is 0 Å². The zero-order chi connectivity index (χ0) is 15.6. The standard InChI is InChI=1S/C14H20N2O4S/c1-3-4-8-15(2)21(19,20)16-9-7-11-5-6-12(14(17)18)10-13(11)16/h5-6,10H,3-4,7-9H2,1-2H3,(H,17,18). The zero-order valence-electron chi connectivity index (χ0n) is 12.2. The Kier molecular flexibility index (Phi) is 4.53. The van der Waals surface area contributed by atoms with Gasteiger partial charge in [-0.25, -0.2) is 4.79 Å². The first-order valence-electron chi connectivity index (χ1n) is 6.98. The molecule has 21 heavy (non-hydrogen) atoms. The van der Waals surface area contributed by atoms with E-state index in [1.807, 2.05) is 6.92 Å². The number of rotatable bonds is 6. The minimum Gasteiger partial charge on any atom is -0.478 e. The highest BCUT2D eigenvalue weighted by atomic mass is 32.2. The highest BCUT2D eigenvalue weighted by molar-refractivity contribution is 7.90. The number of carbonyl (C=O) groups is 1. The third kappa shape index (κ3) is 3.03. The van der Waals surface area contributed by atoms with Gasteiger partial charge in [-0.15, -0.1) is 0 Å². The van der Waals surface area contributed by atoms with Gasteiger partial charge in [-0.2, -0.15) is 12.7 Å². The molecule has 1 aromatic rings. The highest BCUT2D eigenvalue weighted by Crippen LogP contribution is 2.32. The summed E-state index contributed by atoms with van der Waals surface area (Å²) in [5.41, 5.74) is 1.46. The van der Waals surface area contributed by atoms with Gasteiger partial charge in [-0.3, -0.25) is 4.31 Å². The van der Waals surface area contributed by atoms with Crippen LogP contribution < -0.4 is 4.31 Å². The van der Waals surface area contributed by atoms with Crippen LogP contribution in [0, 0.1) is 0 Å². The van der Waals surface area contributed by atoms with Crippen molar-refractivity contribution in [3.05, 3.63) is 29.3 Å². The molecule has 1 aliphatic heterocycles. The van der Waals surface area contributed by atoms with Gasteiger partial charge in [0.2, 0.25) is 0 Å². The fraction of sp³-hybridized carbons (Fsp3) is 0.500. The SMILES string of the molecule is CCCCN(C)S(=O)(=O)N1CCc2ccc(C(=O)O)cc21. The van der Waals surface area contributed by atoms with Crippen molar-refractivity contribution in [2.75, 3.05) is 24.4 Å². The minimum atomic E-state index is -3.59. The summed E-state index contributed by atoms with van der Waals surface area (Å²) in [5.74, 6) is -1.05. The second-order valence-corrected chi connectivity index (χ2v) is 7.11. The van der Waals surface area contributed by atoms with Crippen LogP contribution in [0.2, 0.25) is 0 Å². The Balaban J connectivity index is 2.33. The lowest BCUT2D eigenvalue weighted by Gasteiger charge is -2.26. The second kappa shape index (κ2) is 6.03. The average molecular weight is 312 g/mol. The fourth-order valence-corrected chi connectivity index (χ4v) is 3.82. The predicted molar refractivity (Wildman–Crippen MR) is 80.9 cm³/mol. The van der Waals surface area contributed by atoms with Crippen molar-refractivity contribution in [3.8, 4) is 0 Å². The van der Waals surface area contributed by atoms with E-state index in [1.165, 1.54) is 20.7 Å². The highest BCUT2D eigenvalue weighted by Gasteiger charge is 2.32. The van der Waals surface area contributed by atoms with Crippen molar-refractivity contribution >= 4 is 21.9 Å². The van der Waals surface area contributed by atoms with Crippen LogP contribution >= 0.6 is 0 Å². The number of hydrogen-bond acceptors (Lipinski definition) is 3. The molecule has 0 saturated heterocycles. The summed E-state index contributed by atoms with van der Waals surface area (Å²) in [6, 6.07) is 4.65. The Labute approximate surface area is 125 Å². The zero-order valence-corrected chi connectivity index (χ0v) is 13.1. The molecular weight excluding hydrogens is 292 g/mol. The van der Waals surface area contributed by atoms with E-state index < -0.39 is 16.2 Å². The Morgan fingerprint density at radius 3 is 2.76 bits per heavy atom. The van der Waals surface area contributed by atoms with Crippen LogP contribution in [-0.4, -0.2) is 43.9 Å². The molecule has 0 radical (unpaired) electrons. The molecule has 1 aliphatic rings. The molecule has 0 aliphatic carbocycles. The van der Waals surface area contributed by atoms with Gasteiger partial charge in [-0.1, -0.05) is 19.4 Å². The molecule has 0 fully saturated rings. The van der Waals surface area contributed by atoms with Gasteiger partial charge in [-0.05, 0) is 30.5 Å². The minimum absolute atomic E-state index is 0.104. The second-order valence-electron chi connectivity index (χ2n) is 5.15. The summed E-state index contributed by atoms with van der Waals surface area (Å²) in [6.07, 6.45) is 2.32. The monoisotopic (exact) mass is 312 g/mol. The number of anilines is 1. The summed E-state index contributed by atoms with van der Waals surface area (Å²) < 4.78 is 27.8. The lowest BCUT2D eigenvalue weighted by atomic mass is 10.1. The van der Waals surface area contributed by atoms with Crippen molar-refractivity contribution in [1.82, 2.24) is 4.31 Å². The van der Waals surface area contributed by atoms with Crippen LogP contribution in [0.1, 0.15) is 35.7 Å². The van der Waals surface area contributed by atoms with Gasteiger partial charge < -0.3 is 5.11 Å². The summed E-state index contributed by atoms with van der Waals surface area (Å²) in [6.45, 7) is 2.82. The van der Waals surface area contributed by atoms with Gasteiger partial charge in [0.25, 0.3) is 0 Å². The number of aromatic carboxylic acids is 1. The van der Waals surface area contributed by atoms with Crippen molar-refractivity contribution in [2.24, 2.45) is 0 Å². The van der Waals surface area contributed by atoms with Gasteiger partial charge in [0, 0.05) is 20.1 Å². The Morgan fingerprint density at radius 1 is 1.43 bits per heavy atom. The molecule has 1 N–H and O–H groups in total. The number of fused-ring (bicyclic) bond motifs is 1. The van der Waals surface area contributed by atoms with Crippen LogP contribution in [0.5, 0.6) is 0 Å². The molecule has 1 heterocycles. The van der Waals surface area contributed by atoms with E-state index in [0.29, 0.717) is 25.2 Å². The molecule has 0 spiro atoms. The van der Waals surface area contributed by atoms with E-state index in [2.05, 4.69) is 0 Å². The molecule has 0 bridgehead atoms. The summed E-state index contributed by atoms with van der Waals surface area (Å²) in [5, 5.41) is 9.05. The summed E-state index contributed by atoms with van der Waals surface area (Å²) in [4.78, 5) is 11.1. The van der Waals surface area contributed by atoms with E-state index in [1.54, 1.807) is 13.1 Å². The van der Waals surface area contributed by atoms with E-state index >= 15 is 0 Å². The quantitative estimate of drug-likeness (QED) is 0.867. The van der Waals surface area contributed by atoms with Gasteiger partial charge in [0.05, 0.1) is 11.3 Å². The molecule has 0 amide bonds. The molecule has 0 unspecified atom stereocenters. The first-order chi connectivity index (χ1) is 9.87. The van der Waals surface area contributed by atoms with E-state index in [4.69, 9.17) is 5.11 Å². The molecule has 0 atom stereocenters. The van der Waals surface area contributed by atoms with Gasteiger partial charge in [0.15, 0.2) is 0 Å². The number of benzene rings is 1. The number of nitrogens with zero attached hydrogens (tertiary/aromatic N) is 2. The largest absolute Gasteiger partial charge is 0.478 e. The normalized spacial score (nSPS) is 14.5. The van der Waals surface area contributed by atoms with Crippen LogP contribution in [-0.2, 0) is 16.6 Å². The molecular formula is C14H20N2O4S. The lowest BCUT2D eigenvalue weighted by molar-refractivity contribution is 0.0697. The average Bonchev–Trinajstić information content (AvgIpc) is 2.87. The van der Waals surface area contributed by atoms with Crippen LogP contribution in [0.25, 0.3) is 0 Å². The first kappa shape index (κ1) is 15.8. The first-order valence-corrected chi connectivity index (χ1v) is 8.38. The lowest BCUT2D eigenvalue weighted by Crippen LogP contribution is -2.41. The maximum atomic E-state index is 12.6. The van der Waals surface area contributed by atoms with Crippen LogP contribution in [0.15, 0.2) is 18.2 Å². The topological polar surface area (TPSA) is 77.9 Å². The van der Waals surface area contributed by atoms with Crippen molar-refractivity contribution in [2.45, 2.75) is 26.2 Å². The predicted octanol–water partition coefficient (Wildman–Crippen LogP) is 1.72. The molecule has 116 valence electrons. The van der Waals surface area contributed by atoms with E-state index in [0.717, 1.165) is 18.4 Å². The molecule has 0 saturated carbocycles. The number of carboxylic acids is 1. The number of hydrogen-bond donors (Lipinski definition) is 1. The van der Waals surface area contributed by atoms with Crippen molar-refractivity contribution in [1.29, 1.82) is 0 Å². The molecule has 1 aromatic carbocycles. The third-order valence-corrected chi connectivity index (χ3v) is 5.59. The van der Waals surface area contributed by atoms with E-state index in [9.17, 15) is 13.2 Å². The maximum Gasteiger partial charge on any atom is 0.335 e. The number of carboxylic acid groups (broad SMARTS) is 1. The number of unbranched alkanes of at least 4 members (excludes halogenated alkanes) is 1. The smallest absolute Gasteiger partial charge is 0.335 e. The maximum absolute atomic E-state index is 12.6. The summed E-state index contributed by atoms with van der Waals surface area (Å²) >= 11 is 0.